The molecular formula is C25H26F2N8O2S. The van der Waals surface area contributed by atoms with E-state index in [1.165, 1.54) is 12.3 Å². The minimum Gasteiger partial charge on any atom is -0.389 e. The van der Waals surface area contributed by atoms with Crippen LogP contribution >= 0.6 is 11.3 Å². The van der Waals surface area contributed by atoms with E-state index in [0.717, 1.165) is 36.3 Å². The molecule has 4 heterocycles. The van der Waals surface area contributed by atoms with E-state index in [-0.39, 0.29) is 27.2 Å². The SMILES string of the molecule is Cn1ncc(NC(=O)c2nc(-c3c(F)cccc3F)sc2N)c1N1CCCC(C)(NC(=O)C2=NC=C2)CC1. The molecule has 10 nitrogen and oxygen atoms in total. The first-order chi connectivity index (χ1) is 18.1. The Hall–Kier alpha value is -4.13. The Balaban J connectivity index is 1.32. The molecule has 5 rings (SSSR count). The molecule has 198 valence electrons. The lowest BCUT2D eigenvalue weighted by Gasteiger charge is -2.30. The number of nitrogens with zero attached hydrogens (tertiary/aromatic N) is 5. The second-order valence-corrected chi connectivity index (χ2v) is 10.5. The molecule has 38 heavy (non-hydrogen) atoms. The molecule has 0 radical (unpaired) electrons. The fourth-order valence-corrected chi connectivity index (χ4v) is 5.49. The highest BCUT2D eigenvalue weighted by molar-refractivity contribution is 7.19. The summed E-state index contributed by atoms with van der Waals surface area (Å²) in [5.74, 6) is -1.69. The first-order valence-corrected chi connectivity index (χ1v) is 12.8. The molecule has 2 amide bonds. The quantitative estimate of drug-likeness (QED) is 0.439. The average Bonchev–Trinajstić information content (AvgIpc) is 3.30. The summed E-state index contributed by atoms with van der Waals surface area (Å²) in [5, 5.41) is 10.2. The van der Waals surface area contributed by atoms with Crippen molar-refractivity contribution in [2.75, 3.05) is 29.0 Å². The number of thiazole rings is 1. The lowest BCUT2D eigenvalue weighted by Crippen LogP contribution is -2.49. The summed E-state index contributed by atoms with van der Waals surface area (Å²) in [6, 6.07) is 3.49. The van der Waals surface area contributed by atoms with Crippen LogP contribution in [0, 0.1) is 11.6 Å². The molecule has 2 aliphatic rings. The van der Waals surface area contributed by atoms with Gasteiger partial charge in [0.2, 0.25) is 0 Å². The number of aryl methyl sites for hydroxylation is 1. The van der Waals surface area contributed by atoms with Crippen LogP contribution in [0.4, 0.5) is 25.3 Å². The van der Waals surface area contributed by atoms with Crippen LogP contribution in [-0.4, -0.2) is 50.9 Å². The maximum Gasteiger partial charge on any atom is 0.277 e. The third-order valence-electron chi connectivity index (χ3n) is 6.68. The highest BCUT2D eigenvalue weighted by Crippen LogP contribution is 2.35. The molecule has 13 heteroatoms. The number of aromatic nitrogens is 3. The molecule has 3 aromatic rings. The van der Waals surface area contributed by atoms with E-state index in [4.69, 9.17) is 5.73 Å². The molecule has 4 N–H and O–H groups in total. The molecule has 0 spiro atoms. The predicted molar refractivity (Wildman–Crippen MR) is 142 cm³/mol. The Morgan fingerprint density at radius 3 is 2.58 bits per heavy atom. The summed E-state index contributed by atoms with van der Waals surface area (Å²) in [7, 11) is 1.77. The van der Waals surface area contributed by atoms with Gasteiger partial charge in [0.15, 0.2) is 11.5 Å². The Morgan fingerprint density at radius 2 is 1.89 bits per heavy atom. The number of carbonyl (C=O) groups excluding carboxylic acids is 2. The van der Waals surface area contributed by atoms with Gasteiger partial charge in [0.05, 0.1) is 11.8 Å². The Kier molecular flexibility index (Phi) is 6.69. The van der Waals surface area contributed by atoms with Crippen LogP contribution in [-0.2, 0) is 11.8 Å². The highest BCUT2D eigenvalue weighted by Gasteiger charge is 2.32. The van der Waals surface area contributed by atoms with Crippen molar-refractivity contribution in [3.63, 3.8) is 0 Å². The normalized spacial score (nSPS) is 18.9. The number of nitrogens with one attached hydrogen (secondary N) is 2. The van der Waals surface area contributed by atoms with Crippen LogP contribution in [0.15, 0.2) is 41.7 Å². The van der Waals surface area contributed by atoms with E-state index in [1.54, 1.807) is 24.0 Å². The van der Waals surface area contributed by atoms with E-state index in [1.807, 2.05) is 6.92 Å². The summed E-state index contributed by atoms with van der Waals surface area (Å²) in [4.78, 5) is 35.8. The number of rotatable bonds is 6. The number of aliphatic imine (C=N–C) groups is 1. The standard InChI is InChI=1S/C25H26F2N8O2S/c1-25(33-21(36)16-7-10-29-16)8-4-11-35(12-9-25)24-17(13-30-34(24)2)31-22(37)19-20(28)38-23(32-19)18-14(26)5-3-6-15(18)27/h3,5-7,10,13H,4,8-9,11-12,28H2,1-2H3,(H,31,37)(H,33,36). The van der Waals surface area contributed by atoms with Gasteiger partial charge >= 0.3 is 0 Å². The zero-order valence-corrected chi connectivity index (χ0v) is 21.6. The largest absolute Gasteiger partial charge is 0.389 e. The summed E-state index contributed by atoms with van der Waals surface area (Å²) < 4.78 is 30.1. The molecule has 0 saturated carbocycles. The maximum absolute atomic E-state index is 14.2. The topological polar surface area (TPSA) is 131 Å². The van der Waals surface area contributed by atoms with Gasteiger partial charge in [-0.1, -0.05) is 17.4 Å². The lowest BCUT2D eigenvalue weighted by molar-refractivity contribution is -0.116. The third-order valence-corrected chi connectivity index (χ3v) is 7.59. The smallest absolute Gasteiger partial charge is 0.277 e. The zero-order chi connectivity index (χ0) is 27.0. The van der Waals surface area contributed by atoms with Crippen molar-refractivity contribution in [2.24, 2.45) is 12.0 Å². The van der Waals surface area contributed by atoms with Gasteiger partial charge < -0.3 is 21.3 Å². The first-order valence-electron chi connectivity index (χ1n) is 12.0. The molecule has 0 bridgehead atoms. The van der Waals surface area contributed by atoms with Crippen LogP contribution in [0.2, 0.25) is 0 Å². The molecule has 1 aromatic carbocycles. The zero-order valence-electron chi connectivity index (χ0n) is 20.8. The predicted octanol–water partition coefficient (Wildman–Crippen LogP) is 3.49. The molecule has 1 unspecified atom stereocenters. The van der Waals surface area contributed by atoms with Gasteiger partial charge in [-0.15, -0.1) is 0 Å². The molecule has 2 aliphatic heterocycles. The van der Waals surface area contributed by atoms with Gasteiger partial charge in [-0.25, -0.2) is 13.8 Å². The number of carbonyl (C=O) groups is 2. The second-order valence-electron chi connectivity index (χ2n) is 9.47. The molecule has 0 aliphatic carbocycles. The van der Waals surface area contributed by atoms with Gasteiger partial charge in [0.1, 0.15) is 33.0 Å². The van der Waals surface area contributed by atoms with Gasteiger partial charge in [0.25, 0.3) is 11.8 Å². The van der Waals surface area contributed by atoms with Crippen molar-refractivity contribution in [2.45, 2.75) is 31.7 Å². The minimum absolute atomic E-state index is 0.0214. The highest BCUT2D eigenvalue weighted by atomic mass is 32.1. The molecule has 2 aromatic heterocycles. The number of nitrogen functional groups attached to an aromatic ring is 1. The van der Waals surface area contributed by atoms with Crippen LogP contribution in [0.25, 0.3) is 10.6 Å². The number of halogens is 2. The monoisotopic (exact) mass is 540 g/mol. The van der Waals surface area contributed by atoms with Crippen molar-refractivity contribution in [1.29, 1.82) is 0 Å². The number of hydrogen-bond acceptors (Lipinski definition) is 8. The Morgan fingerprint density at radius 1 is 1.16 bits per heavy atom. The van der Waals surface area contributed by atoms with Crippen LogP contribution in [0.1, 0.15) is 36.7 Å². The van der Waals surface area contributed by atoms with Crippen molar-refractivity contribution < 1.29 is 18.4 Å². The summed E-state index contributed by atoms with van der Waals surface area (Å²) in [6.07, 6.45) is 7.04. The average molecular weight is 541 g/mol. The number of nitrogens with two attached hydrogens (primary N) is 1. The van der Waals surface area contributed by atoms with E-state index in [0.29, 0.717) is 36.7 Å². The Bertz CT molecular complexity index is 1460. The minimum atomic E-state index is -0.790. The number of amides is 2. The molecular weight excluding hydrogens is 514 g/mol. The van der Waals surface area contributed by atoms with Gasteiger partial charge in [0, 0.05) is 31.9 Å². The summed E-state index contributed by atoms with van der Waals surface area (Å²) in [5.41, 5.74) is 6.03. The third kappa shape index (κ3) is 4.88. The first kappa shape index (κ1) is 25.5. The van der Waals surface area contributed by atoms with E-state index >= 15 is 0 Å². The second kappa shape index (κ2) is 9.97. The van der Waals surface area contributed by atoms with Crippen LogP contribution < -0.4 is 21.3 Å². The molecule has 1 fully saturated rings. The van der Waals surface area contributed by atoms with Crippen LogP contribution in [0.3, 0.4) is 0 Å². The van der Waals surface area contributed by atoms with Crippen molar-refractivity contribution in [1.82, 2.24) is 20.1 Å². The van der Waals surface area contributed by atoms with Crippen molar-refractivity contribution in [3.05, 3.63) is 54.0 Å². The number of hydrogen-bond donors (Lipinski definition) is 3. The lowest BCUT2D eigenvalue weighted by atomic mass is 9.92. The van der Waals surface area contributed by atoms with Crippen molar-refractivity contribution in [3.8, 4) is 10.6 Å². The van der Waals surface area contributed by atoms with Gasteiger partial charge in [-0.05, 0) is 44.4 Å². The van der Waals surface area contributed by atoms with E-state index in [9.17, 15) is 18.4 Å². The molecule has 1 atom stereocenters. The van der Waals surface area contributed by atoms with Crippen LogP contribution in [0.5, 0.6) is 0 Å². The number of benzene rings is 1. The van der Waals surface area contributed by atoms with Gasteiger partial charge in [-0.3, -0.25) is 19.3 Å². The number of anilines is 3. The maximum atomic E-state index is 14.2. The summed E-state index contributed by atoms with van der Waals surface area (Å²) >= 11 is 0.835. The van der Waals surface area contributed by atoms with Gasteiger partial charge in [-0.2, -0.15) is 5.10 Å². The Labute approximate surface area is 221 Å². The van der Waals surface area contributed by atoms with E-state index in [2.05, 4.69) is 30.6 Å². The summed E-state index contributed by atoms with van der Waals surface area (Å²) in [6.45, 7) is 3.31. The fraction of sp³-hybridized carbons (Fsp3) is 0.320. The molecule has 1 saturated heterocycles. The van der Waals surface area contributed by atoms with E-state index < -0.39 is 23.1 Å². The fourth-order valence-electron chi connectivity index (χ4n) is 4.62. The van der Waals surface area contributed by atoms with Crippen molar-refractivity contribution >= 4 is 45.4 Å².